The van der Waals surface area contributed by atoms with Crippen LogP contribution in [0.1, 0.15) is 72.8 Å². The Labute approximate surface area is 164 Å². The molecule has 150 valence electrons. The lowest BCUT2D eigenvalue weighted by Crippen LogP contribution is -2.48. The van der Waals surface area contributed by atoms with Crippen molar-refractivity contribution in [3.8, 4) is 0 Å². The fourth-order valence-electron chi connectivity index (χ4n) is 4.47. The van der Waals surface area contributed by atoms with Gasteiger partial charge in [0, 0.05) is 0 Å². The summed E-state index contributed by atoms with van der Waals surface area (Å²) < 4.78 is 2.40. The van der Waals surface area contributed by atoms with Gasteiger partial charge in [0.1, 0.15) is 5.69 Å². The number of unbranched alkanes of at least 4 members (excludes halogenated alkanes) is 3. The fraction of sp³-hybridized carbons (Fsp3) is 0.750. The zero-order chi connectivity index (χ0) is 19.5. The van der Waals surface area contributed by atoms with Gasteiger partial charge in [0.25, 0.3) is 0 Å². The van der Waals surface area contributed by atoms with Crippen LogP contribution >= 0.6 is 0 Å². The number of hydrogen-bond acceptors (Lipinski definition) is 0. The number of quaternary nitrogens is 2. The zero-order valence-corrected chi connectivity index (χ0v) is 18.7. The summed E-state index contributed by atoms with van der Waals surface area (Å²) in [6.45, 7) is 22.7. The molecule has 0 radical (unpaired) electrons. The molecule has 1 rings (SSSR count). The molecule has 0 atom stereocenters. The molecule has 2 heteroatoms. The summed E-state index contributed by atoms with van der Waals surface area (Å²) in [5, 5.41) is 0. The maximum atomic E-state index is 2.38. The van der Waals surface area contributed by atoms with Gasteiger partial charge in [0.05, 0.1) is 45.8 Å². The standard InChI is InChI=1S/C24H46N2/c1-7-25(8-2,9-3)22-16-14-13-15-17-23-18-20-24(21-19-23)26(10-4,11-5)12-6/h18-21H,7-17,22H2,1-6H3/q+2. The molecular formula is C24H46N2+2. The van der Waals surface area contributed by atoms with Crippen molar-refractivity contribution in [3.05, 3.63) is 29.8 Å². The van der Waals surface area contributed by atoms with Crippen molar-refractivity contribution >= 4 is 5.69 Å². The van der Waals surface area contributed by atoms with Crippen LogP contribution in [0, 0.1) is 0 Å². The molecule has 1 aromatic carbocycles. The number of hydrogen-bond donors (Lipinski definition) is 0. The molecule has 0 fully saturated rings. The molecule has 0 spiro atoms. The smallest absolute Gasteiger partial charge is 0.132 e. The molecule has 0 bridgehead atoms. The third-order valence-electron chi connectivity index (χ3n) is 7.16. The number of benzene rings is 1. The first-order valence-corrected chi connectivity index (χ1v) is 11.4. The van der Waals surface area contributed by atoms with Gasteiger partial charge in [-0.25, -0.2) is 0 Å². The van der Waals surface area contributed by atoms with Crippen LogP contribution in [0.4, 0.5) is 5.69 Å². The van der Waals surface area contributed by atoms with Gasteiger partial charge in [0.2, 0.25) is 0 Å². The first-order chi connectivity index (χ1) is 12.5. The Morgan fingerprint density at radius 2 is 1.08 bits per heavy atom. The number of rotatable bonds is 14. The van der Waals surface area contributed by atoms with Crippen molar-refractivity contribution in [2.45, 2.75) is 73.6 Å². The summed E-state index contributed by atoms with van der Waals surface area (Å²) in [5.74, 6) is 0. The second kappa shape index (κ2) is 11.8. The number of nitrogens with zero attached hydrogens (tertiary/aromatic N) is 2. The molecule has 0 heterocycles. The minimum Gasteiger partial charge on any atom is -0.324 e. The van der Waals surface area contributed by atoms with Crippen LogP contribution in [0.25, 0.3) is 0 Å². The van der Waals surface area contributed by atoms with Gasteiger partial charge in [-0.1, -0.05) is 18.6 Å². The highest BCUT2D eigenvalue weighted by Gasteiger charge is 2.23. The topological polar surface area (TPSA) is 0 Å². The van der Waals surface area contributed by atoms with Crippen molar-refractivity contribution in [2.24, 2.45) is 0 Å². The van der Waals surface area contributed by atoms with Crippen LogP contribution in [0.5, 0.6) is 0 Å². The van der Waals surface area contributed by atoms with Gasteiger partial charge >= 0.3 is 0 Å². The van der Waals surface area contributed by atoms with Gasteiger partial charge in [0.15, 0.2) is 0 Å². The van der Waals surface area contributed by atoms with E-state index in [2.05, 4.69) is 65.8 Å². The average Bonchev–Trinajstić information content (AvgIpc) is 2.71. The molecule has 0 saturated heterocycles. The third kappa shape index (κ3) is 6.09. The molecule has 0 aromatic heterocycles. The van der Waals surface area contributed by atoms with Crippen LogP contribution in [-0.4, -0.2) is 50.3 Å². The van der Waals surface area contributed by atoms with Crippen LogP contribution in [0.2, 0.25) is 0 Å². The van der Waals surface area contributed by atoms with E-state index in [4.69, 9.17) is 0 Å². The Balaban J connectivity index is 2.38. The average molecular weight is 363 g/mol. The van der Waals surface area contributed by atoms with E-state index in [1.165, 1.54) is 93.7 Å². The normalized spacial score (nSPS) is 12.5. The van der Waals surface area contributed by atoms with Crippen LogP contribution in [0.3, 0.4) is 0 Å². The summed E-state index contributed by atoms with van der Waals surface area (Å²) in [6.07, 6.45) is 6.72. The van der Waals surface area contributed by atoms with Crippen molar-refractivity contribution in [2.75, 3.05) is 45.8 Å². The van der Waals surface area contributed by atoms with Crippen LogP contribution in [0.15, 0.2) is 24.3 Å². The zero-order valence-electron chi connectivity index (χ0n) is 18.7. The SMILES string of the molecule is CC[N+](CC)(CC)CCCCCCc1ccc([N+](CC)(CC)CC)cc1. The predicted molar refractivity (Wildman–Crippen MR) is 119 cm³/mol. The van der Waals surface area contributed by atoms with E-state index in [0.29, 0.717) is 0 Å². The Bertz CT molecular complexity index is 453. The second-order valence-corrected chi connectivity index (χ2v) is 7.94. The highest BCUT2D eigenvalue weighted by atomic mass is 15.3. The molecule has 0 aliphatic heterocycles. The lowest BCUT2D eigenvalue weighted by molar-refractivity contribution is -0.923. The molecule has 0 aliphatic rings. The first-order valence-electron chi connectivity index (χ1n) is 11.4. The van der Waals surface area contributed by atoms with Gasteiger partial charge in [-0.2, -0.15) is 0 Å². The van der Waals surface area contributed by atoms with E-state index in [0.717, 1.165) is 4.48 Å². The van der Waals surface area contributed by atoms with Gasteiger partial charge < -0.3 is 4.48 Å². The highest BCUT2D eigenvalue weighted by Crippen LogP contribution is 2.24. The molecule has 0 N–H and O–H groups in total. The fourth-order valence-corrected chi connectivity index (χ4v) is 4.47. The lowest BCUT2D eigenvalue weighted by atomic mass is 10.0. The minimum absolute atomic E-state index is 1.10. The maximum Gasteiger partial charge on any atom is 0.132 e. The quantitative estimate of drug-likeness (QED) is 0.280. The molecule has 0 unspecified atom stereocenters. The van der Waals surface area contributed by atoms with Gasteiger partial charge in [-0.05, 0) is 84.9 Å². The van der Waals surface area contributed by atoms with Crippen molar-refractivity contribution < 1.29 is 4.48 Å². The molecule has 2 nitrogen and oxygen atoms in total. The second-order valence-electron chi connectivity index (χ2n) is 7.94. The summed E-state index contributed by atoms with van der Waals surface area (Å²) in [7, 11) is 0. The molecule has 0 amide bonds. The van der Waals surface area contributed by atoms with E-state index in [-0.39, 0.29) is 0 Å². The number of aryl methyl sites for hydroxylation is 1. The predicted octanol–water partition coefficient (Wildman–Crippen LogP) is 6.03. The van der Waals surface area contributed by atoms with Crippen molar-refractivity contribution in [1.82, 2.24) is 4.48 Å². The third-order valence-corrected chi connectivity index (χ3v) is 7.16. The summed E-state index contributed by atoms with van der Waals surface area (Å²) in [6, 6.07) is 9.50. The molecule has 0 saturated carbocycles. The van der Waals surface area contributed by atoms with Crippen molar-refractivity contribution in [1.29, 1.82) is 0 Å². The monoisotopic (exact) mass is 362 g/mol. The molecule has 0 aliphatic carbocycles. The largest absolute Gasteiger partial charge is 0.324 e. The molecule has 1 aromatic rings. The van der Waals surface area contributed by atoms with E-state index >= 15 is 0 Å². The van der Waals surface area contributed by atoms with Crippen molar-refractivity contribution in [3.63, 3.8) is 0 Å². The summed E-state index contributed by atoms with van der Waals surface area (Å²) >= 11 is 0. The van der Waals surface area contributed by atoms with Crippen LogP contribution in [-0.2, 0) is 6.42 Å². The minimum atomic E-state index is 1.10. The molecule has 26 heavy (non-hydrogen) atoms. The van der Waals surface area contributed by atoms with Gasteiger partial charge in [-0.3, -0.25) is 4.48 Å². The summed E-state index contributed by atoms with van der Waals surface area (Å²) in [5.41, 5.74) is 2.99. The van der Waals surface area contributed by atoms with Gasteiger partial charge in [-0.15, -0.1) is 0 Å². The Morgan fingerprint density at radius 3 is 1.54 bits per heavy atom. The highest BCUT2D eigenvalue weighted by molar-refractivity contribution is 5.44. The summed E-state index contributed by atoms with van der Waals surface area (Å²) in [4.78, 5) is 0. The Morgan fingerprint density at radius 1 is 0.577 bits per heavy atom. The van der Waals surface area contributed by atoms with E-state index < -0.39 is 0 Å². The van der Waals surface area contributed by atoms with E-state index in [9.17, 15) is 0 Å². The Kier molecular flexibility index (Phi) is 10.5. The lowest BCUT2D eigenvalue weighted by Gasteiger charge is -2.35. The maximum absolute atomic E-state index is 2.38. The first kappa shape index (κ1) is 23.2. The molecular weight excluding hydrogens is 316 g/mol. The van der Waals surface area contributed by atoms with E-state index in [1.807, 2.05) is 0 Å². The van der Waals surface area contributed by atoms with Crippen LogP contribution < -0.4 is 4.48 Å². The Hall–Kier alpha value is -0.860. The van der Waals surface area contributed by atoms with E-state index in [1.54, 1.807) is 0 Å².